The van der Waals surface area contributed by atoms with Crippen molar-refractivity contribution in [1.29, 1.82) is 0 Å². The van der Waals surface area contributed by atoms with Crippen molar-refractivity contribution >= 4 is 28.8 Å². The smallest absolute Gasteiger partial charge is 0.212 e. The molecule has 0 unspecified atom stereocenters. The molecule has 3 aromatic rings. The van der Waals surface area contributed by atoms with Gasteiger partial charge in [0, 0.05) is 35.1 Å². The van der Waals surface area contributed by atoms with Crippen molar-refractivity contribution in [2.75, 3.05) is 0 Å². The van der Waals surface area contributed by atoms with Crippen molar-refractivity contribution in [2.24, 2.45) is 13.0 Å². The zero-order valence-corrected chi connectivity index (χ0v) is 14.4. The monoisotopic (exact) mass is 316 g/mol. The van der Waals surface area contributed by atoms with Crippen LogP contribution in [-0.4, -0.2) is 5.78 Å². The third-order valence-electron chi connectivity index (χ3n) is 4.29. The molecule has 0 atom stereocenters. The van der Waals surface area contributed by atoms with E-state index in [1.807, 2.05) is 38.1 Å². The lowest BCUT2D eigenvalue weighted by atomic mass is 10.00. The lowest BCUT2D eigenvalue weighted by Gasteiger charge is -2.04. The molecule has 0 saturated carbocycles. The number of ketones is 1. The van der Waals surface area contributed by atoms with Gasteiger partial charge in [0.25, 0.3) is 0 Å². The van der Waals surface area contributed by atoms with Crippen LogP contribution in [0.15, 0.2) is 60.7 Å². The van der Waals surface area contributed by atoms with Crippen LogP contribution in [0.25, 0.3) is 23.1 Å². The fourth-order valence-corrected chi connectivity index (χ4v) is 2.80. The molecule has 2 aromatic carbocycles. The third kappa shape index (κ3) is 3.28. The molecule has 0 amide bonds. The second-order valence-electron chi connectivity index (χ2n) is 6.35. The summed E-state index contributed by atoms with van der Waals surface area (Å²) in [6, 6.07) is 20.4. The van der Waals surface area contributed by atoms with E-state index in [-0.39, 0.29) is 11.7 Å². The van der Waals surface area contributed by atoms with Crippen molar-refractivity contribution in [2.45, 2.75) is 13.8 Å². The highest BCUT2D eigenvalue weighted by Crippen LogP contribution is 2.14. The first-order valence-electron chi connectivity index (χ1n) is 8.26. The number of hydrogen-bond acceptors (Lipinski definition) is 1. The summed E-state index contributed by atoms with van der Waals surface area (Å²) in [4.78, 5) is 12.0. The van der Waals surface area contributed by atoms with Crippen molar-refractivity contribution in [1.82, 2.24) is 0 Å². The highest BCUT2D eigenvalue weighted by molar-refractivity contribution is 5.97. The van der Waals surface area contributed by atoms with Gasteiger partial charge in [0.05, 0.1) is 0 Å². The molecule has 0 fully saturated rings. The Hall–Kier alpha value is -2.74. The third-order valence-corrected chi connectivity index (χ3v) is 4.29. The average Bonchev–Trinajstić information content (AvgIpc) is 2.61. The fourth-order valence-electron chi connectivity index (χ4n) is 2.80. The van der Waals surface area contributed by atoms with Crippen molar-refractivity contribution in [3.8, 4) is 0 Å². The Kier molecular flexibility index (Phi) is 4.57. The molecular weight excluding hydrogens is 294 g/mol. The van der Waals surface area contributed by atoms with Gasteiger partial charge in [-0.1, -0.05) is 50.2 Å². The first-order valence-corrected chi connectivity index (χ1v) is 8.26. The van der Waals surface area contributed by atoms with Gasteiger partial charge in [-0.3, -0.25) is 4.79 Å². The number of hydrogen-bond donors (Lipinski definition) is 0. The minimum absolute atomic E-state index is 0.0306. The van der Waals surface area contributed by atoms with E-state index in [1.54, 1.807) is 0 Å². The number of carbonyl (C=O) groups excluding carboxylic acids is 1. The molecule has 0 bridgehead atoms. The zero-order chi connectivity index (χ0) is 17.1. The van der Waals surface area contributed by atoms with Crippen LogP contribution in [0.1, 0.15) is 35.5 Å². The van der Waals surface area contributed by atoms with Crippen LogP contribution in [0.5, 0.6) is 0 Å². The number of rotatable bonds is 4. The van der Waals surface area contributed by atoms with Gasteiger partial charge in [-0.15, -0.1) is 0 Å². The summed E-state index contributed by atoms with van der Waals surface area (Å²) in [6.07, 6.45) is 4.18. The van der Waals surface area contributed by atoms with E-state index >= 15 is 0 Å². The number of aromatic nitrogens is 1. The molecule has 24 heavy (non-hydrogen) atoms. The van der Waals surface area contributed by atoms with Crippen LogP contribution in [0.4, 0.5) is 0 Å². The Balaban J connectivity index is 1.86. The maximum Gasteiger partial charge on any atom is 0.212 e. The number of aryl methyl sites for hydroxylation is 1. The van der Waals surface area contributed by atoms with E-state index in [1.165, 1.54) is 10.9 Å². The zero-order valence-electron chi connectivity index (χ0n) is 14.4. The molecule has 0 aliphatic heterocycles. The molecule has 120 valence electrons. The Labute approximate surface area is 143 Å². The normalized spacial score (nSPS) is 11.5. The van der Waals surface area contributed by atoms with E-state index < -0.39 is 0 Å². The maximum absolute atomic E-state index is 12.0. The van der Waals surface area contributed by atoms with E-state index in [0.29, 0.717) is 0 Å². The Morgan fingerprint density at radius 2 is 1.62 bits per heavy atom. The number of para-hydroxylation sites is 1. The van der Waals surface area contributed by atoms with Crippen molar-refractivity contribution < 1.29 is 9.36 Å². The maximum atomic E-state index is 12.0. The largest absolute Gasteiger partial charge is 0.294 e. The molecule has 0 N–H and O–H groups in total. The molecule has 0 spiro atoms. The highest BCUT2D eigenvalue weighted by atomic mass is 16.1. The second kappa shape index (κ2) is 6.79. The predicted molar refractivity (Wildman–Crippen MR) is 99.7 cm³/mol. The van der Waals surface area contributed by atoms with Crippen LogP contribution in [-0.2, 0) is 7.05 Å². The Bertz CT molecular complexity index is 905. The number of benzene rings is 2. The molecule has 0 aliphatic carbocycles. The molecular formula is C22H22NO+. The molecule has 0 aliphatic rings. The van der Waals surface area contributed by atoms with Gasteiger partial charge in [-0.05, 0) is 23.8 Å². The van der Waals surface area contributed by atoms with Crippen LogP contribution in [0.3, 0.4) is 0 Å². The van der Waals surface area contributed by atoms with Crippen LogP contribution >= 0.6 is 0 Å². The summed E-state index contributed by atoms with van der Waals surface area (Å²) in [5.41, 5.74) is 4.20. The standard InChI is InChI=1S/C22H22NO/c1-16(2)22(24)19-11-8-17(9-12-19)10-14-20-15-13-18-6-4-5-7-21(18)23(20)3/h4-16H,1-3H3/q+1. The van der Waals surface area contributed by atoms with Crippen molar-refractivity contribution in [3.63, 3.8) is 0 Å². The van der Waals surface area contributed by atoms with E-state index in [4.69, 9.17) is 0 Å². The lowest BCUT2D eigenvalue weighted by molar-refractivity contribution is -0.646. The summed E-state index contributed by atoms with van der Waals surface area (Å²) < 4.78 is 2.18. The van der Waals surface area contributed by atoms with E-state index in [9.17, 15) is 4.79 Å². The quantitative estimate of drug-likeness (QED) is 0.506. The van der Waals surface area contributed by atoms with Crippen LogP contribution in [0.2, 0.25) is 0 Å². The van der Waals surface area contributed by atoms with Gasteiger partial charge in [0.2, 0.25) is 11.2 Å². The first kappa shape index (κ1) is 16.1. The highest BCUT2D eigenvalue weighted by Gasteiger charge is 2.10. The van der Waals surface area contributed by atoms with Gasteiger partial charge in [0.1, 0.15) is 7.05 Å². The Morgan fingerprint density at radius 1 is 0.917 bits per heavy atom. The van der Waals surface area contributed by atoms with Crippen LogP contribution in [0, 0.1) is 5.92 Å². The average molecular weight is 316 g/mol. The summed E-state index contributed by atoms with van der Waals surface area (Å²) in [7, 11) is 2.08. The molecule has 2 heteroatoms. The summed E-state index contributed by atoms with van der Waals surface area (Å²) >= 11 is 0. The number of Topliss-reactive ketones (excluding diaryl/α,β-unsaturated/α-hetero) is 1. The summed E-state index contributed by atoms with van der Waals surface area (Å²) in [5.74, 6) is 0.217. The van der Waals surface area contributed by atoms with E-state index in [2.05, 4.69) is 60.2 Å². The minimum atomic E-state index is 0.0306. The molecule has 1 aromatic heterocycles. The Morgan fingerprint density at radius 3 is 2.33 bits per heavy atom. The van der Waals surface area contributed by atoms with Gasteiger partial charge in [-0.2, -0.15) is 4.57 Å². The number of nitrogens with zero attached hydrogens (tertiary/aromatic N) is 1. The summed E-state index contributed by atoms with van der Waals surface area (Å²) in [5, 5.41) is 1.23. The van der Waals surface area contributed by atoms with Crippen molar-refractivity contribution in [3.05, 3.63) is 77.5 Å². The van der Waals surface area contributed by atoms with Gasteiger partial charge >= 0.3 is 0 Å². The van der Waals surface area contributed by atoms with E-state index in [0.717, 1.165) is 16.8 Å². The minimum Gasteiger partial charge on any atom is -0.294 e. The second-order valence-corrected chi connectivity index (χ2v) is 6.35. The number of carbonyl (C=O) groups is 1. The molecule has 2 nitrogen and oxygen atoms in total. The first-order chi connectivity index (χ1) is 11.6. The predicted octanol–water partition coefficient (Wildman–Crippen LogP) is 4.67. The lowest BCUT2D eigenvalue weighted by Crippen LogP contribution is -2.32. The number of pyridine rings is 1. The van der Waals surface area contributed by atoms with Gasteiger partial charge in [-0.25, -0.2) is 0 Å². The number of fused-ring (bicyclic) bond motifs is 1. The molecule has 0 saturated heterocycles. The molecule has 3 rings (SSSR count). The van der Waals surface area contributed by atoms with Gasteiger partial charge in [0.15, 0.2) is 5.78 Å². The SMILES string of the molecule is CC(C)C(=O)c1ccc(C=Cc2ccc3ccccc3[n+]2C)cc1. The fraction of sp³-hybridized carbons (Fsp3) is 0.182. The van der Waals surface area contributed by atoms with Gasteiger partial charge < -0.3 is 0 Å². The topological polar surface area (TPSA) is 20.9 Å². The molecule has 0 radical (unpaired) electrons. The summed E-state index contributed by atoms with van der Waals surface area (Å²) in [6.45, 7) is 3.85. The van der Waals surface area contributed by atoms with Crippen LogP contribution < -0.4 is 4.57 Å². The molecule has 1 heterocycles.